The van der Waals surface area contributed by atoms with Crippen molar-refractivity contribution in [2.45, 2.75) is 11.4 Å². The van der Waals surface area contributed by atoms with E-state index in [-0.39, 0.29) is 16.3 Å². The zero-order chi connectivity index (χ0) is 21.9. The Morgan fingerprint density at radius 1 is 1.10 bits per heavy atom. The molecule has 2 aromatic carbocycles. The summed E-state index contributed by atoms with van der Waals surface area (Å²) in [5.74, 6) is 5.16. The van der Waals surface area contributed by atoms with Gasteiger partial charge in [-0.25, -0.2) is 13.6 Å². The molecule has 0 aliphatic carbocycles. The van der Waals surface area contributed by atoms with Crippen molar-refractivity contribution in [3.8, 4) is 11.1 Å². The lowest BCUT2D eigenvalue weighted by molar-refractivity contribution is 0.597. The molecule has 0 bridgehead atoms. The Labute approximate surface area is 170 Å². The van der Waals surface area contributed by atoms with Crippen LogP contribution in [0.5, 0.6) is 0 Å². The van der Waals surface area contributed by atoms with Gasteiger partial charge in [0.15, 0.2) is 5.84 Å². The summed E-state index contributed by atoms with van der Waals surface area (Å²) < 4.78 is 23.7. The highest BCUT2D eigenvalue weighted by Gasteiger charge is 2.20. The van der Waals surface area contributed by atoms with Crippen molar-refractivity contribution >= 4 is 28.3 Å². The van der Waals surface area contributed by atoms with Gasteiger partial charge >= 0.3 is 0 Å². The van der Waals surface area contributed by atoms with E-state index in [9.17, 15) is 8.42 Å². The van der Waals surface area contributed by atoms with Gasteiger partial charge in [0.25, 0.3) is 0 Å². The van der Waals surface area contributed by atoms with Crippen LogP contribution in [0.25, 0.3) is 11.1 Å². The van der Waals surface area contributed by atoms with Crippen molar-refractivity contribution in [3.05, 3.63) is 53.6 Å². The van der Waals surface area contributed by atoms with Gasteiger partial charge < -0.3 is 33.4 Å². The summed E-state index contributed by atoms with van der Waals surface area (Å²) in [6, 6.07) is 12.3. The van der Waals surface area contributed by atoms with Gasteiger partial charge in [-0.15, -0.1) is 0 Å². The Hall–Kier alpha value is -3.12. The van der Waals surface area contributed by atoms with Gasteiger partial charge in [0, 0.05) is 37.6 Å². The fourth-order valence-electron chi connectivity index (χ4n) is 2.47. The van der Waals surface area contributed by atoms with E-state index in [1.54, 1.807) is 12.1 Å². The van der Waals surface area contributed by atoms with E-state index in [1.165, 1.54) is 6.07 Å². The molecule has 2 aromatic rings. The lowest BCUT2D eigenvalue weighted by Gasteiger charge is -2.13. The third-order valence-electron chi connectivity index (χ3n) is 3.73. The summed E-state index contributed by atoms with van der Waals surface area (Å²) in [7, 11) is -3.98. The zero-order valence-corrected chi connectivity index (χ0v) is 16.6. The Morgan fingerprint density at radius 3 is 2.21 bits per heavy atom. The van der Waals surface area contributed by atoms with E-state index >= 15 is 0 Å². The highest BCUT2D eigenvalue weighted by atomic mass is 32.2. The zero-order valence-electron chi connectivity index (χ0n) is 15.8. The first-order chi connectivity index (χ1) is 13.8. The number of hydrogen-bond donors (Lipinski definition) is 7. The van der Waals surface area contributed by atoms with Crippen LogP contribution in [0.15, 0.2) is 52.5 Å². The van der Waals surface area contributed by atoms with Crippen LogP contribution in [0, 0.1) is 10.8 Å². The van der Waals surface area contributed by atoms with Crippen molar-refractivity contribution < 1.29 is 8.42 Å². The van der Waals surface area contributed by atoms with Crippen molar-refractivity contribution in [2.24, 2.45) is 27.6 Å². The van der Waals surface area contributed by atoms with Crippen LogP contribution in [0.3, 0.4) is 0 Å². The van der Waals surface area contributed by atoms with E-state index in [0.717, 1.165) is 30.1 Å². The van der Waals surface area contributed by atoms with Crippen LogP contribution in [0.2, 0.25) is 0 Å². The van der Waals surface area contributed by atoms with Gasteiger partial charge in [-0.05, 0) is 22.8 Å². The molecule has 10 nitrogen and oxygen atoms in total. The van der Waals surface area contributed by atoms with Gasteiger partial charge in [-0.2, -0.15) is 5.10 Å². The van der Waals surface area contributed by atoms with E-state index in [4.69, 9.17) is 33.3 Å². The molecule has 0 fully saturated rings. The molecule has 156 valence electrons. The molecule has 0 amide bonds. The molecule has 2 rings (SSSR count). The third kappa shape index (κ3) is 7.08. The quantitative estimate of drug-likeness (QED) is 0.102. The standard InChI is InChI=1S/C16H22N6O2S.C2H4N2/c17-8-9-21-10-11-4-6-12(7-5-11)13-2-1-3-14(25(20,23)24)15(13)16(18)22-19;3-1-2-4/h1-7,21H,8-10,17,19H2,(H2,18,22)(H2,20,23,24);1-4H. The Balaban J connectivity index is 0.000000960. The summed E-state index contributed by atoms with van der Waals surface area (Å²) in [5, 5.41) is 24.1. The van der Waals surface area contributed by atoms with Crippen LogP contribution in [0.1, 0.15) is 11.1 Å². The number of amidine groups is 1. The predicted octanol–water partition coefficient (Wildman–Crippen LogP) is -0.0862. The molecule has 0 saturated carbocycles. The Kier molecular flexibility index (Phi) is 9.62. The monoisotopic (exact) mass is 418 g/mol. The summed E-state index contributed by atoms with van der Waals surface area (Å²) >= 11 is 0. The normalized spacial score (nSPS) is 11.3. The maximum Gasteiger partial charge on any atom is 0.238 e. The largest absolute Gasteiger partial charge is 0.382 e. The first kappa shape index (κ1) is 23.9. The number of hydrazone groups is 1. The molecule has 0 aliphatic heterocycles. The minimum atomic E-state index is -3.98. The first-order valence-electron chi connectivity index (χ1n) is 8.49. The van der Waals surface area contributed by atoms with Crippen molar-refractivity contribution in [2.75, 3.05) is 13.1 Å². The number of nitrogens with zero attached hydrogens (tertiary/aromatic N) is 1. The molecular weight excluding hydrogens is 392 g/mol. The maximum atomic E-state index is 11.9. The van der Waals surface area contributed by atoms with Crippen LogP contribution >= 0.6 is 0 Å². The lowest BCUT2D eigenvalue weighted by Crippen LogP contribution is -2.23. The predicted molar refractivity (Wildman–Crippen MR) is 116 cm³/mol. The van der Waals surface area contributed by atoms with Gasteiger partial charge in [-0.3, -0.25) is 0 Å². The molecule has 0 aliphatic rings. The summed E-state index contributed by atoms with van der Waals surface area (Å²) in [4.78, 5) is -0.120. The fourth-order valence-corrected chi connectivity index (χ4v) is 3.24. The van der Waals surface area contributed by atoms with E-state index in [2.05, 4.69) is 10.4 Å². The fraction of sp³-hybridized carbons (Fsp3) is 0.167. The molecule has 0 aromatic heterocycles. The van der Waals surface area contributed by atoms with Crippen LogP contribution in [-0.4, -0.2) is 39.8 Å². The molecule has 0 atom stereocenters. The minimum Gasteiger partial charge on any atom is -0.382 e. The van der Waals surface area contributed by atoms with Gasteiger partial charge in [-0.1, -0.05) is 36.4 Å². The molecule has 0 unspecified atom stereocenters. The van der Waals surface area contributed by atoms with E-state index in [0.29, 0.717) is 18.7 Å². The molecule has 0 heterocycles. The smallest absolute Gasteiger partial charge is 0.238 e. The first-order valence-corrected chi connectivity index (χ1v) is 10.0. The molecule has 0 saturated heterocycles. The lowest BCUT2D eigenvalue weighted by atomic mass is 9.98. The third-order valence-corrected chi connectivity index (χ3v) is 4.68. The highest BCUT2D eigenvalue weighted by molar-refractivity contribution is 7.89. The molecule has 11 N–H and O–H groups in total. The summed E-state index contributed by atoms with van der Waals surface area (Å²) in [6.07, 6.45) is 1.83. The number of nitrogens with two attached hydrogens (primary N) is 4. The second-order valence-corrected chi connectivity index (χ2v) is 7.26. The van der Waals surface area contributed by atoms with Crippen molar-refractivity contribution in [3.63, 3.8) is 0 Å². The van der Waals surface area contributed by atoms with Gasteiger partial charge in [0.2, 0.25) is 10.0 Å². The summed E-state index contributed by atoms with van der Waals surface area (Å²) in [5.41, 5.74) is 13.9. The number of sulfonamides is 1. The second kappa shape index (κ2) is 11.7. The van der Waals surface area contributed by atoms with Crippen molar-refractivity contribution in [1.82, 2.24) is 5.32 Å². The Morgan fingerprint density at radius 2 is 1.72 bits per heavy atom. The maximum absolute atomic E-state index is 11.9. The topological polar surface area (TPSA) is 210 Å². The van der Waals surface area contributed by atoms with Crippen LogP contribution < -0.4 is 27.8 Å². The average molecular weight is 419 g/mol. The van der Waals surface area contributed by atoms with Gasteiger partial charge in [0.05, 0.1) is 4.90 Å². The number of nitrogens with one attached hydrogen (secondary N) is 3. The molecule has 0 spiro atoms. The molecule has 29 heavy (non-hydrogen) atoms. The van der Waals surface area contributed by atoms with Gasteiger partial charge in [0.1, 0.15) is 0 Å². The van der Waals surface area contributed by atoms with Crippen LogP contribution in [-0.2, 0) is 16.6 Å². The van der Waals surface area contributed by atoms with Crippen molar-refractivity contribution in [1.29, 1.82) is 10.8 Å². The Bertz CT molecular complexity index is 950. The number of benzene rings is 2. The summed E-state index contributed by atoms with van der Waals surface area (Å²) in [6.45, 7) is 1.99. The highest BCUT2D eigenvalue weighted by Crippen LogP contribution is 2.28. The average Bonchev–Trinajstić information content (AvgIpc) is 2.73. The second-order valence-electron chi connectivity index (χ2n) is 5.73. The minimum absolute atomic E-state index is 0.103. The van der Waals surface area contributed by atoms with E-state index < -0.39 is 10.0 Å². The number of primary sulfonamides is 1. The molecule has 11 heteroatoms. The molecular formula is C18H26N8O2S. The SMILES string of the molecule is N=CC=N.NCCNCc1ccc(-c2cccc(S(N)(=O)=O)c2/C(N)=N/N)cc1. The number of hydrogen-bond acceptors (Lipinski definition) is 8. The molecule has 0 radical (unpaired) electrons. The number of rotatable bonds is 8. The van der Waals surface area contributed by atoms with Crippen LogP contribution in [0.4, 0.5) is 0 Å². The van der Waals surface area contributed by atoms with E-state index in [1.807, 2.05) is 24.3 Å².